The number of anilines is 1. The van der Waals surface area contributed by atoms with E-state index in [0.29, 0.717) is 49.0 Å². The Labute approximate surface area is 217 Å². The molecule has 4 aromatic rings. The van der Waals surface area contributed by atoms with Crippen molar-refractivity contribution in [2.45, 2.75) is 27.0 Å². The number of benzene rings is 3. The molecule has 0 unspecified atom stereocenters. The summed E-state index contributed by atoms with van der Waals surface area (Å²) in [6, 6.07) is 16.6. The number of halogens is 4. The van der Waals surface area contributed by atoms with Crippen molar-refractivity contribution in [2.75, 3.05) is 5.32 Å². The van der Waals surface area contributed by atoms with Crippen molar-refractivity contribution in [1.82, 2.24) is 9.78 Å². The molecule has 0 saturated heterocycles. The molecule has 0 aliphatic heterocycles. The van der Waals surface area contributed by atoms with Crippen molar-refractivity contribution in [3.05, 3.63) is 110 Å². The molecule has 3 aromatic carbocycles. The van der Waals surface area contributed by atoms with E-state index < -0.39 is 5.82 Å². The minimum atomic E-state index is -0.405. The molecule has 0 aliphatic carbocycles. The first-order valence-electron chi connectivity index (χ1n) is 10.7. The lowest BCUT2D eigenvalue weighted by Gasteiger charge is -2.10. The largest absolute Gasteiger partial charge is 0.487 e. The number of aryl methyl sites for hydroxylation is 1. The molecule has 5 nitrogen and oxygen atoms in total. The van der Waals surface area contributed by atoms with Crippen LogP contribution in [0.5, 0.6) is 5.75 Å². The van der Waals surface area contributed by atoms with Crippen LogP contribution in [0.4, 0.5) is 10.1 Å². The van der Waals surface area contributed by atoms with Crippen LogP contribution in [0.25, 0.3) is 0 Å². The van der Waals surface area contributed by atoms with Crippen LogP contribution in [0.2, 0.25) is 15.1 Å². The molecule has 1 aromatic heterocycles. The number of ether oxygens (including phenoxy) is 1. The average molecular weight is 533 g/mol. The van der Waals surface area contributed by atoms with Crippen molar-refractivity contribution in [3.63, 3.8) is 0 Å². The average Bonchev–Trinajstić information content (AvgIpc) is 3.08. The molecule has 0 radical (unpaired) electrons. The minimum Gasteiger partial charge on any atom is -0.487 e. The maximum Gasteiger partial charge on any atom is 0.255 e. The van der Waals surface area contributed by atoms with Crippen LogP contribution < -0.4 is 10.1 Å². The summed E-state index contributed by atoms with van der Waals surface area (Å²) in [5.74, 6) is -0.163. The molecule has 35 heavy (non-hydrogen) atoms. The second-order valence-electron chi connectivity index (χ2n) is 7.92. The fourth-order valence-electron chi connectivity index (χ4n) is 3.56. The number of nitrogens with zero attached hydrogens (tertiary/aromatic N) is 2. The summed E-state index contributed by atoms with van der Waals surface area (Å²) >= 11 is 18.2. The molecule has 1 N–H and O–H groups in total. The van der Waals surface area contributed by atoms with E-state index in [4.69, 9.17) is 39.5 Å². The highest BCUT2D eigenvalue weighted by Gasteiger charge is 2.17. The lowest BCUT2D eigenvalue weighted by atomic mass is 10.1. The van der Waals surface area contributed by atoms with Gasteiger partial charge in [0.2, 0.25) is 0 Å². The van der Waals surface area contributed by atoms with E-state index in [-0.39, 0.29) is 19.1 Å². The van der Waals surface area contributed by atoms with E-state index in [9.17, 15) is 9.18 Å². The van der Waals surface area contributed by atoms with Gasteiger partial charge in [0.05, 0.1) is 28.6 Å². The number of aromatic nitrogens is 2. The van der Waals surface area contributed by atoms with Crippen LogP contribution in [0.1, 0.15) is 32.9 Å². The lowest BCUT2D eigenvalue weighted by Crippen LogP contribution is -2.13. The van der Waals surface area contributed by atoms with E-state index in [1.54, 1.807) is 54.1 Å². The highest BCUT2D eigenvalue weighted by atomic mass is 35.5. The van der Waals surface area contributed by atoms with Crippen molar-refractivity contribution >= 4 is 46.4 Å². The molecule has 9 heteroatoms. The second-order valence-corrected chi connectivity index (χ2v) is 9.17. The standard InChI is InChI=1S/C26H21Cl3FN3O2/c1-15-25(16(2)33(32-15)13-20-21(28)4-3-5-23(20)30)31-26(34)18-8-6-17(7-9-18)14-35-24-11-10-19(27)12-22(24)29/h3-12H,13-14H2,1-2H3,(H,31,34). The molecular formula is C26H21Cl3FN3O2. The SMILES string of the molecule is Cc1nn(Cc2c(F)cccc2Cl)c(C)c1NC(=O)c1ccc(COc2ccc(Cl)cc2Cl)cc1. The number of carbonyl (C=O) groups is 1. The third-order valence-corrected chi connectivity index (χ3v) is 6.38. The van der Waals surface area contributed by atoms with Gasteiger partial charge in [0, 0.05) is 21.2 Å². The van der Waals surface area contributed by atoms with Gasteiger partial charge >= 0.3 is 0 Å². The van der Waals surface area contributed by atoms with Gasteiger partial charge in [-0.05, 0) is 61.9 Å². The van der Waals surface area contributed by atoms with Crippen LogP contribution in [0.3, 0.4) is 0 Å². The van der Waals surface area contributed by atoms with Gasteiger partial charge in [0.25, 0.3) is 5.91 Å². The van der Waals surface area contributed by atoms with E-state index in [1.807, 2.05) is 19.1 Å². The van der Waals surface area contributed by atoms with Gasteiger partial charge in [0.15, 0.2) is 0 Å². The Morgan fingerprint density at radius 2 is 1.77 bits per heavy atom. The maximum absolute atomic E-state index is 14.2. The molecule has 0 spiro atoms. The fraction of sp³-hybridized carbons (Fsp3) is 0.154. The zero-order valence-electron chi connectivity index (χ0n) is 18.9. The molecule has 0 bridgehead atoms. The van der Waals surface area contributed by atoms with E-state index in [1.165, 1.54) is 6.07 Å². The Bertz CT molecular complexity index is 1370. The van der Waals surface area contributed by atoms with Crippen molar-refractivity contribution in [1.29, 1.82) is 0 Å². The first kappa shape index (κ1) is 25.0. The molecule has 1 amide bonds. The molecule has 1 heterocycles. The normalized spacial score (nSPS) is 10.9. The third-order valence-electron chi connectivity index (χ3n) is 5.49. The number of hydrogen-bond donors (Lipinski definition) is 1. The highest BCUT2D eigenvalue weighted by molar-refractivity contribution is 6.35. The van der Waals surface area contributed by atoms with Crippen molar-refractivity contribution < 1.29 is 13.9 Å². The molecule has 0 aliphatic rings. The molecule has 0 fully saturated rings. The molecule has 4 rings (SSSR count). The first-order valence-corrected chi connectivity index (χ1v) is 11.8. The fourth-order valence-corrected chi connectivity index (χ4v) is 4.24. The number of hydrogen-bond acceptors (Lipinski definition) is 3. The minimum absolute atomic E-state index is 0.153. The molecule has 0 atom stereocenters. The molecule has 0 saturated carbocycles. The predicted octanol–water partition coefficient (Wildman–Crippen LogP) is 7.48. The Morgan fingerprint density at radius 3 is 2.46 bits per heavy atom. The van der Waals surface area contributed by atoms with Gasteiger partial charge in [-0.1, -0.05) is 53.0 Å². The number of rotatable bonds is 7. The van der Waals surface area contributed by atoms with Gasteiger partial charge in [-0.25, -0.2) is 4.39 Å². The lowest BCUT2D eigenvalue weighted by molar-refractivity contribution is 0.102. The Balaban J connectivity index is 1.43. The summed E-state index contributed by atoms with van der Waals surface area (Å²) in [6.07, 6.45) is 0. The van der Waals surface area contributed by atoms with Gasteiger partial charge < -0.3 is 10.1 Å². The summed E-state index contributed by atoms with van der Waals surface area (Å²) in [7, 11) is 0. The monoisotopic (exact) mass is 531 g/mol. The van der Waals surface area contributed by atoms with Gasteiger partial charge in [-0.2, -0.15) is 5.10 Å². The Kier molecular flexibility index (Phi) is 7.65. The van der Waals surface area contributed by atoms with Gasteiger partial charge in [-0.15, -0.1) is 0 Å². The third kappa shape index (κ3) is 5.78. The first-order chi connectivity index (χ1) is 16.7. The maximum atomic E-state index is 14.2. The van der Waals surface area contributed by atoms with Crippen LogP contribution in [0.15, 0.2) is 60.7 Å². The van der Waals surface area contributed by atoms with Crippen LogP contribution in [0, 0.1) is 19.7 Å². The molecule has 180 valence electrons. The zero-order chi connectivity index (χ0) is 25.1. The van der Waals surface area contributed by atoms with Crippen LogP contribution >= 0.6 is 34.8 Å². The Hall–Kier alpha value is -3.06. The highest BCUT2D eigenvalue weighted by Crippen LogP contribution is 2.28. The van der Waals surface area contributed by atoms with Gasteiger partial charge in [-0.3, -0.25) is 9.48 Å². The Morgan fingerprint density at radius 1 is 1.03 bits per heavy atom. The number of nitrogens with one attached hydrogen (secondary N) is 1. The topological polar surface area (TPSA) is 56.2 Å². The van der Waals surface area contributed by atoms with Crippen LogP contribution in [-0.4, -0.2) is 15.7 Å². The molecular weight excluding hydrogens is 512 g/mol. The van der Waals surface area contributed by atoms with E-state index in [0.717, 1.165) is 5.56 Å². The van der Waals surface area contributed by atoms with Crippen LogP contribution in [-0.2, 0) is 13.2 Å². The smallest absolute Gasteiger partial charge is 0.255 e. The zero-order valence-corrected chi connectivity index (χ0v) is 21.2. The summed E-state index contributed by atoms with van der Waals surface area (Å²) < 4.78 is 21.6. The van der Waals surface area contributed by atoms with Gasteiger partial charge in [0.1, 0.15) is 18.2 Å². The summed E-state index contributed by atoms with van der Waals surface area (Å²) in [6.45, 7) is 4.03. The van der Waals surface area contributed by atoms with E-state index in [2.05, 4.69) is 10.4 Å². The number of carbonyl (C=O) groups excluding carboxylic acids is 1. The van der Waals surface area contributed by atoms with Crippen molar-refractivity contribution in [3.8, 4) is 5.75 Å². The summed E-state index contributed by atoms with van der Waals surface area (Å²) in [5, 5.41) is 8.65. The summed E-state index contributed by atoms with van der Waals surface area (Å²) in [4.78, 5) is 12.9. The predicted molar refractivity (Wildman–Crippen MR) is 137 cm³/mol. The number of amides is 1. The van der Waals surface area contributed by atoms with Crippen molar-refractivity contribution in [2.24, 2.45) is 0 Å². The van der Waals surface area contributed by atoms with E-state index >= 15 is 0 Å². The summed E-state index contributed by atoms with van der Waals surface area (Å²) in [5.41, 5.74) is 3.58. The quantitative estimate of drug-likeness (QED) is 0.268. The second kappa shape index (κ2) is 10.7.